The van der Waals surface area contributed by atoms with Gasteiger partial charge in [-0.25, -0.2) is 0 Å². The minimum atomic E-state index is -2.35. The maximum Gasteiger partial charge on any atom is 0.261 e. The Morgan fingerprint density at radius 3 is 1.88 bits per heavy atom. The summed E-state index contributed by atoms with van der Waals surface area (Å²) in [7, 11) is -2.35. The SMILES string of the molecule is C=C[C@@H]1C[C@H]1CO[Si](c1ccccc1)(c1ccccc1)C(C)(C)C. The van der Waals surface area contributed by atoms with Gasteiger partial charge >= 0.3 is 0 Å². The highest BCUT2D eigenvalue weighted by molar-refractivity contribution is 6.99. The van der Waals surface area contributed by atoms with Gasteiger partial charge in [0.15, 0.2) is 0 Å². The van der Waals surface area contributed by atoms with Crippen molar-refractivity contribution >= 4 is 18.7 Å². The number of rotatable bonds is 6. The van der Waals surface area contributed by atoms with Crippen LogP contribution in [0.2, 0.25) is 5.04 Å². The van der Waals surface area contributed by atoms with E-state index in [1.54, 1.807) is 0 Å². The Kier molecular flexibility index (Phi) is 4.80. The standard InChI is InChI=1S/C22H28OSi/c1-5-18-16-19(18)17-23-24(22(2,3)4,20-12-8-6-9-13-20)21-14-10-7-11-15-21/h5-15,18-19H,1,16-17H2,2-4H3/t18-,19+/m1/s1. The molecule has 1 aliphatic carbocycles. The van der Waals surface area contributed by atoms with E-state index in [1.807, 2.05) is 0 Å². The van der Waals surface area contributed by atoms with Gasteiger partial charge in [0.25, 0.3) is 8.32 Å². The van der Waals surface area contributed by atoms with Gasteiger partial charge in [0, 0.05) is 6.61 Å². The number of hydrogen-bond donors (Lipinski definition) is 0. The monoisotopic (exact) mass is 336 g/mol. The molecule has 0 N–H and O–H groups in total. The molecule has 0 unspecified atom stereocenters. The predicted octanol–water partition coefficient (Wildman–Crippen LogP) is 4.39. The zero-order chi connectivity index (χ0) is 17.2. The summed E-state index contributed by atoms with van der Waals surface area (Å²) in [5.74, 6) is 1.28. The van der Waals surface area contributed by atoms with Crippen molar-refractivity contribution in [3.8, 4) is 0 Å². The van der Waals surface area contributed by atoms with Gasteiger partial charge in [-0.15, -0.1) is 6.58 Å². The first-order valence-corrected chi connectivity index (χ1v) is 10.8. The lowest BCUT2D eigenvalue weighted by atomic mass is 10.2. The number of benzene rings is 2. The van der Waals surface area contributed by atoms with Crippen LogP contribution in [0.1, 0.15) is 27.2 Å². The summed E-state index contributed by atoms with van der Waals surface area (Å²) in [4.78, 5) is 0. The summed E-state index contributed by atoms with van der Waals surface area (Å²) in [6.45, 7) is 11.8. The van der Waals surface area contributed by atoms with Gasteiger partial charge in [-0.2, -0.15) is 0 Å². The van der Waals surface area contributed by atoms with Crippen molar-refractivity contribution in [2.75, 3.05) is 6.61 Å². The summed E-state index contributed by atoms with van der Waals surface area (Å²) in [5, 5.41) is 2.79. The van der Waals surface area contributed by atoms with Crippen LogP contribution < -0.4 is 10.4 Å². The fourth-order valence-corrected chi connectivity index (χ4v) is 8.36. The van der Waals surface area contributed by atoms with Crippen LogP contribution in [-0.2, 0) is 4.43 Å². The third-order valence-electron chi connectivity index (χ3n) is 5.21. The third-order valence-corrected chi connectivity index (χ3v) is 10.2. The second-order valence-electron chi connectivity index (χ2n) is 7.87. The Bertz CT molecular complexity index is 633. The minimum absolute atomic E-state index is 0.0638. The molecule has 126 valence electrons. The lowest BCUT2D eigenvalue weighted by Crippen LogP contribution is -2.66. The van der Waals surface area contributed by atoms with Gasteiger partial charge in [0.2, 0.25) is 0 Å². The lowest BCUT2D eigenvalue weighted by Gasteiger charge is -2.43. The molecule has 0 heterocycles. The van der Waals surface area contributed by atoms with E-state index >= 15 is 0 Å². The van der Waals surface area contributed by atoms with Gasteiger partial charge in [0.05, 0.1) is 0 Å². The largest absolute Gasteiger partial charge is 0.407 e. The van der Waals surface area contributed by atoms with E-state index in [0.29, 0.717) is 11.8 Å². The van der Waals surface area contributed by atoms with Crippen molar-refractivity contribution in [3.05, 3.63) is 73.3 Å². The highest BCUT2D eigenvalue weighted by Crippen LogP contribution is 2.42. The molecule has 0 aliphatic heterocycles. The second-order valence-corrected chi connectivity index (χ2v) is 12.2. The van der Waals surface area contributed by atoms with Crippen LogP contribution in [0, 0.1) is 11.8 Å². The average molecular weight is 337 g/mol. The van der Waals surface area contributed by atoms with Crippen LogP contribution in [0.3, 0.4) is 0 Å². The molecule has 1 nitrogen and oxygen atoms in total. The van der Waals surface area contributed by atoms with Gasteiger partial charge in [-0.1, -0.05) is 87.5 Å². The molecule has 0 spiro atoms. The number of allylic oxidation sites excluding steroid dienone is 1. The maximum atomic E-state index is 6.91. The van der Waals surface area contributed by atoms with E-state index in [2.05, 4.69) is 94.1 Å². The molecule has 2 atom stereocenters. The topological polar surface area (TPSA) is 9.23 Å². The quantitative estimate of drug-likeness (QED) is 0.562. The van der Waals surface area contributed by atoms with Crippen LogP contribution in [-0.4, -0.2) is 14.9 Å². The third kappa shape index (κ3) is 3.13. The van der Waals surface area contributed by atoms with E-state index in [9.17, 15) is 0 Å². The Hall–Kier alpha value is -1.64. The normalized spacial score (nSPS) is 20.6. The summed E-state index contributed by atoms with van der Waals surface area (Å²) in [6, 6.07) is 21.7. The molecule has 2 aromatic rings. The van der Waals surface area contributed by atoms with E-state index in [4.69, 9.17) is 4.43 Å². The molecule has 0 bridgehead atoms. The van der Waals surface area contributed by atoms with Crippen molar-refractivity contribution in [1.29, 1.82) is 0 Å². The van der Waals surface area contributed by atoms with Gasteiger partial charge < -0.3 is 4.43 Å². The molecule has 1 saturated carbocycles. The van der Waals surface area contributed by atoms with Crippen LogP contribution in [0.4, 0.5) is 0 Å². The zero-order valence-electron chi connectivity index (χ0n) is 15.0. The van der Waals surface area contributed by atoms with Gasteiger partial charge in [-0.05, 0) is 33.7 Å². The minimum Gasteiger partial charge on any atom is -0.407 e. The van der Waals surface area contributed by atoms with Crippen molar-refractivity contribution in [2.45, 2.75) is 32.2 Å². The van der Waals surface area contributed by atoms with Gasteiger partial charge in [-0.3, -0.25) is 0 Å². The van der Waals surface area contributed by atoms with Crippen LogP contribution in [0.25, 0.3) is 0 Å². The molecule has 0 radical (unpaired) electrons. The van der Waals surface area contributed by atoms with E-state index in [0.717, 1.165) is 6.61 Å². The molecular formula is C22H28OSi. The van der Waals surface area contributed by atoms with E-state index < -0.39 is 8.32 Å². The molecule has 1 fully saturated rings. The Labute approximate surface area is 147 Å². The average Bonchev–Trinajstić information content (AvgIpc) is 3.35. The molecule has 1 aliphatic rings. The molecule has 24 heavy (non-hydrogen) atoms. The summed E-state index contributed by atoms with van der Waals surface area (Å²) >= 11 is 0. The van der Waals surface area contributed by atoms with E-state index in [1.165, 1.54) is 16.8 Å². The van der Waals surface area contributed by atoms with Crippen LogP contribution in [0.5, 0.6) is 0 Å². The molecular weight excluding hydrogens is 308 g/mol. The first-order valence-electron chi connectivity index (χ1n) is 8.86. The van der Waals surface area contributed by atoms with Crippen molar-refractivity contribution in [1.82, 2.24) is 0 Å². The van der Waals surface area contributed by atoms with Crippen molar-refractivity contribution in [3.63, 3.8) is 0 Å². The van der Waals surface area contributed by atoms with Gasteiger partial charge in [0.1, 0.15) is 0 Å². The Balaban J connectivity index is 2.05. The maximum absolute atomic E-state index is 6.91. The first-order chi connectivity index (χ1) is 11.5. The summed E-state index contributed by atoms with van der Waals surface area (Å²) in [5.41, 5.74) is 0. The molecule has 0 amide bonds. The second kappa shape index (κ2) is 6.70. The van der Waals surface area contributed by atoms with Crippen molar-refractivity contribution in [2.24, 2.45) is 11.8 Å². The molecule has 0 saturated heterocycles. The van der Waals surface area contributed by atoms with Crippen LogP contribution in [0.15, 0.2) is 73.3 Å². The molecule has 2 heteroatoms. The lowest BCUT2D eigenvalue weighted by molar-refractivity contribution is 0.277. The summed E-state index contributed by atoms with van der Waals surface area (Å²) < 4.78 is 6.91. The zero-order valence-corrected chi connectivity index (χ0v) is 16.0. The van der Waals surface area contributed by atoms with Crippen LogP contribution >= 0.6 is 0 Å². The van der Waals surface area contributed by atoms with E-state index in [-0.39, 0.29) is 5.04 Å². The fraction of sp³-hybridized carbons (Fsp3) is 0.364. The first kappa shape index (κ1) is 17.2. The highest BCUT2D eigenvalue weighted by Gasteiger charge is 2.51. The van der Waals surface area contributed by atoms with Crippen molar-refractivity contribution < 1.29 is 4.43 Å². The Morgan fingerprint density at radius 1 is 1.00 bits per heavy atom. The molecule has 3 rings (SSSR count). The summed E-state index contributed by atoms with van der Waals surface area (Å²) in [6.07, 6.45) is 3.31. The molecule has 0 aromatic heterocycles. The Morgan fingerprint density at radius 2 is 1.50 bits per heavy atom. The number of hydrogen-bond acceptors (Lipinski definition) is 1. The molecule has 2 aromatic carbocycles. The smallest absolute Gasteiger partial charge is 0.261 e. The fourth-order valence-electron chi connectivity index (χ4n) is 3.74. The predicted molar refractivity (Wildman–Crippen MR) is 105 cm³/mol. The highest BCUT2D eigenvalue weighted by atomic mass is 28.4.